The minimum absolute atomic E-state index is 0.374. The highest BCUT2D eigenvalue weighted by molar-refractivity contribution is 9.10. The highest BCUT2D eigenvalue weighted by Crippen LogP contribution is 2.33. The second-order valence-electron chi connectivity index (χ2n) is 2.45. The standard InChI is InChI=1S/C9H5BrO2S/c10-8-5-13-4-7(8)6-1-2-12-9(6)3-11/h1-5H. The Kier molecular flexibility index (Phi) is 2.33. The van der Waals surface area contributed by atoms with Gasteiger partial charge >= 0.3 is 0 Å². The summed E-state index contributed by atoms with van der Waals surface area (Å²) in [7, 11) is 0. The van der Waals surface area contributed by atoms with Gasteiger partial charge in [-0.2, -0.15) is 11.3 Å². The van der Waals surface area contributed by atoms with Crippen molar-refractivity contribution in [3.63, 3.8) is 0 Å². The van der Waals surface area contributed by atoms with E-state index in [2.05, 4.69) is 15.9 Å². The van der Waals surface area contributed by atoms with Crippen molar-refractivity contribution in [1.82, 2.24) is 0 Å². The SMILES string of the molecule is O=Cc1occc1-c1cscc1Br. The Hall–Kier alpha value is -0.870. The van der Waals surface area contributed by atoms with Gasteiger partial charge < -0.3 is 4.42 Å². The Balaban J connectivity index is 2.58. The summed E-state index contributed by atoms with van der Waals surface area (Å²) in [5.74, 6) is 0.374. The van der Waals surface area contributed by atoms with E-state index in [1.807, 2.05) is 10.8 Å². The van der Waals surface area contributed by atoms with E-state index in [1.54, 1.807) is 17.4 Å². The van der Waals surface area contributed by atoms with Gasteiger partial charge in [0.05, 0.1) is 6.26 Å². The normalized spacial score (nSPS) is 10.2. The van der Waals surface area contributed by atoms with Crippen molar-refractivity contribution >= 4 is 33.6 Å². The van der Waals surface area contributed by atoms with Crippen LogP contribution in [-0.4, -0.2) is 6.29 Å². The number of rotatable bonds is 2. The monoisotopic (exact) mass is 256 g/mol. The number of thiophene rings is 1. The van der Waals surface area contributed by atoms with Crippen LogP contribution >= 0.6 is 27.3 Å². The van der Waals surface area contributed by atoms with E-state index in [-0.39, 0.29) is 0 Å². The predicted octanol–water partition coefficient (Wildman–Crippen LogP) is 3.58. The fourth-order valence-corrected chi connectivity index (χ4v) is 2.62. The van der Waals surface area contributed by atoms with Gasteiger partial charge in [-0.15, -0.1) is 0 Å². The van der Waals surface area contributed by atoms with Gasteiger partial charge in [0.2, 0.25) is 0 Å². The van der Waals surface area contributed by atoms with Crippen molar-refractivity contribution in [2.45, 2.75) is 0 Å². The number of hydrogen-bond donors (Lipinski definition) is 0. The van der Waals surface area contributed by atoms with Gasteiger partial charge in [0.1, 0.15) is 0 Å². The number of carbonyl (C=O) groups is 1. The van der Waals surface area contributed by atoms with Crippen molar-refractivity contribution in [2.24, 2.45) is 0 Å². The van der Waals surface area contributed by atoms with Crippen LogP contribution in [0.15, 0.2) is 32.0 Å². The molecule has 2 nitrogen and oxygen atoms in total. The van der Waals surface area contributed by atoms with Crippen molar-refractivity contribution < 1.29 is 9.21 Å². The molecule has 2 rings (SSSR count). The molecule has 0 fully saturated rings. The third-order valence-corrected chi connectivity index (χ3v) is 3.41. The first kappa shape index (κ1) is 8.72. The molecule has 13 heavy (non-hydrogen) atoms. The van der Waals surface area contributed by atoms with Crippen LogP contribution in [-0.2, 0) is 0 Å². The molecule has 2 aromatic rings. The summed E-state index contributed by atoms with van der Waals surface area (Å²) in [6.07, 6.45) is 2.24. The van der Waals surface area contributed by atoms with Gasteiger partial charge in [0.25, 0.3) is 0 Å². The van der Waals surface area contributed by atoms with Crippen LogP contribution in [0.25, 0.3) is 11.1 Å². The molecule has 0 unspecified atom stereocenters. The summed E-state index contributed by atoms with van der Waals surface area (Å²) >= 11 is 4.98. The number of hydrogen-bond acceptors (Lipinski definition) is 3. The van der Waals surface area contributed by atoms with Crippen LogP contribution in [0.2, 0.25) is 0 Å². The van der Waals surface area contributed by atoms with Crippen LogP contribution in [0.3, 0.4) is 0 Å². The van der Waals surface area contributed by atoms with Crippen molar-refractivity contribution in [2.75, 3.05) is 0 Å². The molecule has 0 spiro atoms. The van der Waals surface area contributed by atoms with Gasteiger partial charge in [0, 0.05) is 21.0 Å². The molecule has 0 aliphatic heterocycles. The molecule has 66 valence electrons. The third kappa shape index (κ3) is 1.47. The lowest BCUT2D eigenvalue weighted by atomic mass is 10.1. The van der Waals surface area contributed by atoms with Crippen LogP contribution in [0.4, 0.5) is 0 Å². The van der Waals surface area contributed by atoms with Gasteiger partial charge in [-0.3, -0.25) is 4.79 Å². The largest absolute Gasteiger partial charge is 0.461 e. The summed E-state index contributed by atoms with van der Waals surface area (Å²) in [6.45, 7) is 0. The molecular formula is C9H5BrO2S. The zero-order valence-electron chi connectivity index (χ0n) is 6.49. The summed E-state index contributed by atoms with van der Waals surface area (Å²) < 4.78 is 6.00. The first-order valence-electron chi connectivity index (χ1n) is 3.57. The Morgan fingerprint density at radius 2 is 2.23 bits per heavy atom. The molecule has 0 N–H and O–H groups in total. The smallest absolute Gasteiger partial charge is 0.185 e. The molecule has 2 aromatic heterocycles. The third-order valence-electron chi connectivity index (χ3n) is 1.71. The fraction of sp³-hybridized carbons (Fsp3) is 0. The maximum Gasteiger partial charge on any atom is 0.185 e. The van der Waals surface area contributed by atoms with E-state index in [1.165, 1.54) is 6.26 Å². The lowest BCUT2D eigenvalue weighted by Crippen LogP contribution is -1.78. The molecule has 0 atom stereocenters. The van der Waals surface area contributed by atoms with E-state index in [0.717, 1.165) is 21.9 Å². The van der Waals surface area contributed by atoms with Crippen molar-refractivity contribution in [3.8, 4) is 11.1 Å². The topological polar surface area (TPSA) is 30.2 Å². The van der Waals surface area contributed by atoms with Crippen LogP contribution in [0.1, 0.15) is 10.6 Å². The zero-order chi connectivity index (χ0) is 9.26. The summed E-state index contributed by atoms with van der Waals surface area (Å²) in [5.41, 5.74) is 1.84. The Bertz CT molecular complexity index is 430. The molecule has 0 saturated heterocycles. The minimum atomic E-state index is 0.374. The predicted molar refractivity (Wildman–Crippen MR) is 55.1 cm³/mol. The molecule has 0 amide bonds. The van der Waals surface area contributed by atoms with Crippen LogP contribution < -0.4 is 0 Å². The first-order chi connectivity index (χ1) is 6.33. The van der Waals surface area contributed by atoms with Crippen molar-refractivity contribution in [3.05, 3.63) is 33.3 Å². The van der Waals surface area contributed by atoms with Gasteiger partial charge in [-0.1, -0.05) is 0 Å². The lowest BCUT2D eigenvalue weighted by Gasteiger charge is -1.93. The van der Waals surface area contributed by atoms with E-state index >= 15 is 0 Å². The second kappa shape index (κ2) is 3.47. The quantitative estimate of drug-likeness (QED) is 0.769. The molecule has 0 aliphatic rings. The highest BCUT2D eigenvalue weighted by atomic mass is 79.9. The van der Waals surface area contributed by atoms with Gasteiger partial charge in [-0.25, -0.2) is 0 Å². The Morgan fingerprint density at radius 1 is 1.38 bits per heavy atom. The lowest BCUT2D eigenvalue weighted by molar-refractivity contribution is 0.110. The maximum atomic E-state index is 10.6. The molecule has 0 aromatic carbocycles. The maximum absolute atomic E-state index is 10.6. The van der Waals surface area contributed by atoms with Gasteiger partial charge in [-0.05, 0) is 27.4 Å². The molecular weight excluding hydrogens is 252 g/mol. The fourth-order valence-electron chi connectivity index (χ4n) is 1.11. The van der Waals surface area contributed by atoms with Crippen LogP contribution in [0.5, 0.6) is 0 Å². The first-order valence-corrected chi connectivity index (χ1v) is 5.31. The van der Waals surface area contributed by atoms with E-state index < -0.39 is 0 Å². The second-order valence-corrected chi connectivity index (χ2v) is 4.05. The number of aldehydes is 1. The Morgan fingerprint density at radius 3 is 2.85 bits per heavy atom. The average molecular weight is 257 g/mol. The minimum Gasteiger partial charge on any atom is -0.461 e. The molecule has 4 heteroatoms. The van der Waals surface area contributed by atoms with Crippen LogP contribution in [0, 0.1) is 0 Å². The summed E-state index contributed by atoms with van der Waals surface area (Å²) in [5, 5.41) is 3.94. The molecule has 0 aliphatic carbocycles. The van der Waals surface area contributed by atoms with Crippen molar-refractivity contribution in [1.29, 1.82) is 0 Å². The van der Waals surface area contributed by atoms with Gasteiger partial charge in [0.15, 0.2) is 12.0 Å². The number of halogens is 1. The summed E-state index contributed by atoms with van der Waals surface area (Å²) in [6, 6.07) is 1.79. The molecule has 0 bridgehead atoms. The molecule has 2 heterocycles. The number of furan rings is 1. The molecule has 0 saturated carbocycles. The Labute approximate surface area is 87.3 Å². The van der Waals surface area contributed by atoms with E-state index in [4.69, 9.17) is 4.42 Å². The zero-order valence-corrected chi connectivity index (χ0v) is 8.89. The summed E-state index contributed by atoms with van der Waals surface area (Å²) in [4.78, 5) is 10.6. The van der Waals surface area contributed by atoms with E-state index in [0.29, 0.717) is 5.76 Å². The highest BCUT2D eigenvalue weighted by Gasteiger charge is 2.10. The molecule has 0 radical (unpaired) electrons. The van der Waals surface area contributed by atoms with E-state index in [9.17, 15) is 4.79 Å². The number of carbonyl (C=O) groups excluding carboxylic acids is 1. The average Bonchev–Trinajstić information content (AvgIpc) is 2.71.